The minimum atomic E-state index is -0.993. The fraction of sp³-hybridized carbons (Fsp3) is 0.667. The molecule has 2 atom stereocenters. The highest BCUT2D eigenvalue weighted by molar-refractivity contribution is 6.08. The van der Waals surface area contributed by atoms with E-state index < -0.39 is 24.8 Å². The molecule has 0 amide bonds. The maximum atomic E-state index is 10.9. The zero-order chi connectivity index (χ0) is 11.0. The van der Waals surface area contributed by atoms with Gasteiger partial charge in [-0.25, -0.2) is 4.79 Å². The molecule has 0 aliphatic carbocycles. The molecule has 2 unspecified atom stereocenters. The fourth-order valence-electron chi connectivity index (χ4n) is 1.05. The predicted molar refractivity (Wildman–Crippen MR) is 57.1 cm³/mol. The Morgan fingerprint density at radius 1 is 1.64 bits per heavy atom. The summed E-state index contributed by atoms with van der Waals surface area (Å²) in [6.45, 7) is 2.87. The van der Waals surface area contributed by atoms with Crippen LogP contribution < -0.4 is 0 Å². The van der Waals surface area contributed by atoms with Gasteiger partial charge in [-0.05, 0) is 6.42 Å². The average Bonchev–Trinajstić information content (AvgIpc) is 2.22. The first kappa shape index (κ1) is 13.3. The quantitative estimate of drug-likeness (QED) is 0.327. The van der Waals surface area contributed by atoms with Crippen LogP contribution in [0.25, 0.3) is 0 Å². The lowest BCUT2D eigenvalue weighted by atomic mass is 10.1. The molecule has 0 bridgehead atoms. The Bertz CT molecular complexity index is 184. The van der Waals surface area contributed by atoms with Gasteiger partial charge >= 0.3 is 5.97 Å². The van der Waals surface area contributed by atoms with Crippen LogP contribution in [0.1, 0.15) is 12.8 Å². The molecular formula is C9H18O4Si. The zero-order valence-corrected chi connectivity index (χ0v) is 10.5. The summed E-state index contributed by atoms with van der Waals surface area (Å²) in [6, 6.07) is 1.08. The Balaban J connectivity index is 4.09. The second-order valence-corrected chi connectivity index (χ2v) is 4.07. The van der Waals surface area contributed by atoms with E-state index >= 15 is 0 Å². The molecule has 2 N–H and O–H groups in total. The molecule has 0 aromatic carbocycles. The molecule has 0 fully saturated rings. The molecule has 0 spiro atoms. The first-order chi connectivity index (χ1) is 6.65. The van der Waals surface area contributed by atoms with E-state index in [1.807, 2.05) is 0 Å². The lowest BCUT2D eigenvalue weighted by Crippen LogP contribution is -2.33. The van der Waals surface area contributed by atoms with Gasteiger partial charge < -0.3 is 14.9 Å². The monoisotopic (exact) mass is 218 g/mol. The molecule has 0 saturated carbocycles. The minimum Gasteiger partial charge on any atom is -0.456 e. The van der Waals surface area contributed by atoms with Crippen molar-refractivity contribution in [3.63, 3.8) is 0 Å². The average molecular weight is 218 g/mol. The van der Waals surface area contributed by atoms with Crippen LogP contribution in [-0.2, 0) is 9.53 Å². The Morgan fingerprint density at radius 3 is 2.71 bits per heavy atom. The van der Waals surface area contributed by atoms with Crippen LogP contribution in [0.5, 0.6) is 0 Å². The van der Waals surface area contributed by atoms with Gasteiger partial charge in [0.2, 0.25) is 0 Å². The summed E-state index contributed by atoms with van der Waals surface area (Å²) in [5.74, 6) is -0.559. The van der Waals surface area contributed by atoms with Crippen molar-refractivity contribution in [1.82, 2.24) is 0 Å². The topological polar surface area (TPSA) is 66.8 Å². The van der Waals surface area contributed by atoms with Crippen LogP contribution in [0.2, 0.25) is 6.04 Å². The summed E-state index contributed by atoms with van der Waals surface area (Å²) in [6.07, 6.45) is 0.938. The van der Waals surface area contributed by atoms with Crippen molar-refractivity contribution in [3.05, 3.63) is 12.7 Å². The van der Waals surface area contributed by atoms with E-state index in [2.05, 4.69) is 6.58 Å². The molecule has 0 aromatic heterocycles. The van der Waals surface area contributed by atoms with Crippen LogP contribution >= 0.6 is 0 Å². The number of aliphatic hydroxyl groups excluding tert-OH is 2. The van der Waals surface area contributed by atoms with E-state index in [1.54, 1.807) is 0 Å². The number of aliphatic hydroxyl groups is 2. The molecule has 14 heavy (non-hydrogen) atoms. The second kappa shape index (κ2) is 7.72. The number of carbonyl (C=O) groups is 1. The molecular weight excluding hydrogens is 200 g/mol. The number of carbonyl (C=O) groups excluding carboxylic acids is 1. The van der Waals surface area contributed by atoms with Gasteiger partial charge in [0.25, 0.3) is 0 Å². The summed E-state index contributed by atoms with van der Waals surface area (Å²) < 4.78 is 4.90. The van der Waals surface area contributed by atoms with Gasteiger partial charge in [0.15, 0.2) is 0 Å². The van der Waals surface area contributed by atoms with E-state index in [0.29, 0.717) is 6.42 Å². The van der Waals surface area contributed by atoms with Crippen LogP contribution in [-0.4, -0.2) is 45.2 Å². The van der Waals surface area contributed by atoms with Crippen molar-refractivity contribution in [2.45, 2.75) is 31.1 Å². The van der Waals surface area contributed by atoms with Gasteiger partial charge in [0.05, 0.1) is 6.61 Å². The minimum absolute atomic E-state index is 0.393. The van der Waals surface area contributed by atoms with E-state index in [0.717, 1.165) is 28.8 Å². The summed E-state index contributed by atoms with van der Waals surface area (Å²) in [5.41, 5.74) is 0. The first-order valence-corrected chi connectivity index (χ1v) is 6.19. The number of hydrogen-bond donors (Lipinski definition) is 2. The van der Waals surface area contributed by atoms with E-state index in [4.69, 9.17) is 9.84 Å². The molecule has 0 radical (unpaired) electrons. The SMILES string of the molecule is C=CC(=O)OC(CCC[SiH3])C(O)CO. The number of hydrogen-bond acceptors (Lipinski definition) is 4. The second-order valence-electron chi connectivity index (χ2n) is 3.07. The third-order valence-electron chi connectivity index (χ3n) is 1.89. The smallest absolute Gasteiger partial charge is 0.330 e. The van der Waals surface area contributed by atoms with E-state index in [9.17, 15) is 9.90 Å². The molecule has 0 aromatic rings. The zero-order valence-electron chi connectivity index (χ0n) is 8.48. The van der Waals surface area contributed by atoms with E-state index in [-0.39, 0.29) is 0 Å². The third-order valence-corrected chi connectivity index (χ3v) is 2.60. The van der Waals surface area contributed by atoms with Crippen molar-refractivity contribution < 1.29 is 19.7 Å². The van der Waals surface area contributed by atoms with E-state index in [1.165, 1.54) is 0 Å². The largest absolute Gasteiger partial charge is 0.456 e. The van der Waals surface area contributed by atoms with Gasteiger partial charge in [-0.2, -0.15) is 0 Å². The molecule has 0 saturated heterocycles. The number of rotatable bonds is 7. The maximum absolute atomic E-state index is 10.9. The van der Waals surface area contributed by atoms with Crippen molar-refractivity contribution in [3.8, 4) is 0 Å². The van der Waals surface area contributed by atoms with Crippen molar-refractivity contribution in [2.24, 2.45) is 0 Å². The van der Waals surface area contributed by atoms with Crippen molar-refractivity contribution in [2.75, 3.05) is 6.61 Å². The molecule has 0 rings (SSSR count). The molecule has 4 nitrogen and oxygen atoms in total. The van der Waals surface area contributed by atoms with Crippen LogP contribution in [0.4, 0.5) is 0 Å². The molecule has 0 aliphatic heterocycles. The van der Waals surface area contributed by atoms with Gasteiger partial charge in [0, 0.05) is 16.3 Å². The fourth-order valence-corrected chi connectivity index (χ4v) is 1.46. The molecule has 0 aliphatic rings. The highest BCUT2D eigenvalue weighted by Gasteiger charge is 2.20. The normalized spacial score (nSPS) is 14.7. The Labute approximate surface area is 87.0 Å². The Hall–Kier alpha value is -0.653. The van der Waals surface area contributed by atoms with Crippen LogP contribution in [0.15, 0.2) is 12.7 Å². The first-order valence-electron chi connectivity index (χ1n) is 4.77. The van der Waals surface area contributed by atoms with Crippen LogP contribution in [0, 0.1) is 0 Å². The standard InChI is InChI=1S/C9H18O4Si/c1-2-9(12)13-8(4-3-5-14)7(11)6-10/h2,7-8,10-11H,1,3-6H2,14H3. The Morgan fingerprint density at radius 2 is 2.29 bits per heavy atom. The Kier molecular flexibility index (Phi) is 7.36. The van der Waals surface area contributed by atoms with Gasteiger partial charge in [-0.15, -0.1) is 0 Å². The molecule has 0 heterocycles. The maximum Gasteiger partial charge on any atom is 0.330 e. The van der Waals surface area contributed by atoms with Gasteiger partial charge in [-0.3, -0.25) is 0 Å². The van der Waals surface area contributed by atoms with Crippen molar-refractivity contribution in [1.29, 1.82) is 0 Å². The van der Waals surface area contributed by atoms with Gasteiger partial charge in [-0.1, -0.05) is 19.0 Å². The molecule has 5 heteroatoms. The third kappa shape index (κ3) is 5.16. The lowest BCUT2D eigenvalue weighted by Gasteiger charge is -2.20. The highest BCUT2D eigenvalue weighted by atomic mass is 28.1. The number of esters is 1. The lowest BCUT2D eigenvalue weighted by molar-refractivity contribution is -0.151. The van der Waals surface area contributed by atoms with Gasteiger partial charge in [0.1, 0.15) is 12.2 Å². The summed E-state index contributed by atoms with van der Waals surface area (Å²) >= 11 is 0. The summed E-state index contributed by atoms with van der Waals surface area (Å²) in [7, 11) is 1.09. The predicted octanol–water partition coefficient (Wildman–Crippen LogP) is -0.999. The number of ether oxygens (including phenoxy) is 1. The van der Waals surface area contributed by atoms with Crippen molar-refractivity contribution >= 4 is 16.2 Å². The summed E-state index contributed by atoms with van der Waals surface area (Å²) in [5, 5.41) is 18.1. The summed E-state index contributed by atoms with van der Waals surface area (Å²) in [4.78, 5) is 10.9. The highest BCUT2D eigenvalue weighted by Crippen LogP contribution is 2.09. The molecule has 82 valence electrons. The van der Waals surface area contributed by atoms with Crippen LogP contribution in [0.3, 0.4) is 0 Å².